The molecule has 3 rings (SSSR count). The third kappa shape index (κ3) is 4.26. The summed E-state index contributed by atoms with van der Waals surface area (Å²) in [4.78, 5) is 16.5. The molecule has 0 saturated heterocycles. The van der Waals surface area contributed by atoms with Crippen LogP contribution in [0.3, 0.4) is 0 Å². The number of aryl methyl sites for hydroxylation is 2. The van der Waals surface area contributed by atoms with Gasteiger partial charge in [0.2, 0.25) is 5.91 Å². The monoisotopic (exact) mass is 372 g/mol. The number of hydrogen-bond acceptors (Lipinski definition) is 3. The molecule has 0 bridgehead atoms. The molecule has 2 aromatic carbocycles. The van der Waals surface area contributed by atoms with Crippen molar-refractivity contribution in [3.05, 3.63) is 70.3 Å². The van der Waals surface area contributed by atoms with Crippen molar-refractivity contribution >= 4 is 17.5 Å². The van der Waals surface area contributed by atoms with Gasteiger partial charge in [0.15, 0.2) is 5.82 Å². The predicted molar refractivity (Wildman–Crippen MR) is 98.1 cm³/mol. The van der Waals surface area contributed by atoms with Crippen LogP contribution in [0.1, 0.15) is 17.0 Å². The van der Waals surface area contributed by atoms with E-state index in [0.29, 0.717) is 23.8 Å². The second kappa shape index (κ2) is 7.66. The Balaban J connectivity index is 1.67. The lowest BCUT2D eigenvalue weighted by Crippen LogP contribution is -2.25. The molecule has 3 aromatic rings. The lowest BCUT2D eigenvalue weighted by atomic mass is 10.1. The molecule has 1 heterocycles. The normalized spacial score (nSPS) is 10.8. The Kier molecular flexibility index (Phi) is 5.32. The topological polar surface area (TPSA) is 59.8 Å². The summed E-state index contributed by atoms with van der Waals surface area (Å²) in [7, 11) is 1.70. The van der Waals surface area contributed by atoms with Gasteiger partial charge in [-0.3, -0.25) is 9.48 Å². The van der Waals surface area contributed by atoms with Crippen molar-refractivity contribution in [3.63, 3.8) is 0 Å². The van der Waals surface area contributed by atoms with E-state index in [1.54, 1.807) is 13.1 Å². The Hall–Kier alpha value is -2.73. The second-order valence-corrected chi connectivity index (χ2v) is 6.45. The number of nitrogens with one attached hydrogen (secondary N) is 1. The highest BCUT2D eigenvalue weighted by atomic mass is 35.5. The van der Waals surface area contributed by atoms with Gasteiger partial charge in [0.05, 0.1) is 11.4 Å². The number of benzene rings is 2. The molecule has 0 spiro atoms. The molecule has 5 nitrogen and oxygen atoms in total. The Labute approximate surface area is 155 Å². The molecule has 1 amide bonds. The van der Waals surface area contributed by atoms with Crippen molar-refractivity contribution in [1.29, 1.82) is 0 Å². The minimum Gasteiger partial charge on any atom is -0.352 e. The molecule has 0 fully saturated rings. The van der Waals surface area contributed by atoms with Crippen LogP contribution in [0.5, 0.6) is 0 Å². The maximum absolute atomic E-state index is 13.6. The molecule has 0 aliphatic carbocycles. The van der Waals surface area contributed by atoms with Gasteiger partial charge in [-0.15, -0.1) is 0 Å². The zero-order valence-corrected chi connectivity index (χ0v) is 15.2. The molecule has 0 radical (unpaired) electrons. The van der Waals surface area contributed by atoms with Crippen molar-refractivity contribution in [3.8, 4) is 11.4 Å². The zero-order valence-electron chi connectivity index (χ0n) is 14.5. The smallest absolute Gasteiger partial charge is 0.227 e. The van der Waals surface area contributed by atoms with E-state index in [0.717, 1.165) is 11.1 Å². The molecule has 26 heavy (non-hydrogen) atoms. The summed E-state index contributed by atoms with van der Waals surface area (Å²) in [5, 5.41) is 7.16. The van der Waals surface area contributed by atoms with E-state index in [1.807, 2.05) is 31.2 Å². The zero-order chi connectivity index (χ0) is 18.7. The number of amides is 1. The molecule has 0 unspecified atom stereocenters. The van der Waals surface area contributed by atoms with E-state index in [9.17, 15) is 9.18 Å². The minimum absolute atomic E-state index is 0.0421. The quantitative estimate of drug-likeness (QED) is 0.746. The van der Waals surface area contributed by atoms with Crippen LogP contribution >= 0.6 is 11.6 Å². The summed E-state index contributed by atoms with van der Waals surface area (Å²) < 4.78 is 15.1. The molecular weight excluding hydrogens is 355 g/mol. The largest absolute Gasteiger partial charge is 0.352 e. The Morgan fingerprint density at radius 2 is 2.08 bits per heavy atom. The Morgan fingerprint density at radius 1 is 1.27 bits per heavy atom. The van der Waals surface area contributed by atoms with E-state index in [4.69, 9.17) is 11.6 Å². The maximum Gasteiger partial charge on any atom is 0.227 e. The van der Waals surface area contributed by atoms with Crippen molar-refractivity contribution in [2.75, 3.05) is 0 Å². The molecule has 134 valence electrons. The molecular formula is C19H18ClFN4O. The van der Waals surface area contributed by atoms with E-state index in [-0.39, 0.29) is 17.4 Å². The number of halogens is 2. The maximum atomic E-state index is 13.6. The number of carbonyl (C=O) groups is 1. The first-order valence-corrected chi connectivity index (χ1v) is 8.48. The summed E-state index contributed by atoms with van der Waals surface area (Å²) in [6.07, 6.45) is 0.0887. The highest BCUT2D eigenvalue weighted by Crippen LogP contribution is 2.22. The van der Waals surface area contributed by atoms with Gasteiger partial charge in [0, 0.05) is 19.2 Å². The van der Waals surface area contributed by atoms with Gasteiger partial charge in [0.1, 0.15) is 11.6 Å². The summed E-state index contributed by atoms with van der Waals surface area (Å²) in [6.45, 7) is 2.46. The minimum atomic E-state index is -0.533. The molecule has 1 N–H and O–H groups in total. The standard InChI is InChI=1S/C19H18ClFN4O/c1-12-4-3-5-13(8-12)11-22-18(26)10-17-23-19(24-25(17)2)14-6-7-15(20)16(21)9-14/h3-9H,10-11H2,1-2H3,(H,22,26). The number of aromatic nitrogens is 3. The van der Waals surface area contributed by atoms with Crippen molar-refractivity contribution in [2.45, 2.75) is 19.9 Å². The third-order valence-corrected chi connectivity index (χ3v) is 4.23. The number of carbonyl (C=O) groups excluding carboxylic acids is 1. The van der Waals surface area contributed by atoms with Crippen LogP contribution in [0.2, 0.25) is 5.02 Å². The van der Waals surface area contributed by atoms with E-state index in [1.165, 1.54) is 16.8 Å². The number of rotatable bonds is 5. The average molecular weight is 373 g/mol. The molecule has 0 aliphatic rings. The van der Waals surface area contributed by atoms with Gasteiger partial charge >= 0.3 is 0 Å². The second-order valence-electron chi connectivity index (χ2n) is 6.05. The Bertz CT molecular complexity index is 954. The van der Waals surface area contributed by atoms with Crippen LogP contribution in [0.25, 0.3) is 11.4 Å². The average Bonchev–Trinajstić information content (AvgIpc) is 2.96. The van der Waals surface area contributed by atoms with Crippen LogP contribution in [-0.2, 0) is 24.8 Å². The summed E-state index contributed by atoms with van der Waals surface area (Å²) >= 11 is 5.69. The highest BCUT2D eigenvalue weighted by Gasteiger charge is 2.14. The van der Waals surface area contributed by atoms with Crippen LogP contribution in [0.15, 0.2) is 42.5 Å². The Morgan fingerprint density at radius 3 is 2.81 bits per heavy atom. The fraction of sp³-hybridized carbons (Fsp3) is 0.211. The first kappa shape index (κ1) is 18.1. The third-order valence-electron chi connectivity index (χ3n) is 3.92. The lowest BCUT2D eigenvalue weighted by molar-refractivity contribution is -0.120. The fourth-order valence-corrected chi connectivity index (χ4v) is 2.67. The predicted octanol–water partition coefficient (Wildman–Crippen LogP) is 3.44. The van der Waals surface area contributed by atoms with Gasteiger partial charge in [-0.25, -0.2) is 9.37 Å². The fourth-order valence-electron chi connectivity index (χ4n) is 2.56. The van der Waals surface area contributed by atoms with Gasteiger partial charge in [0.25, 0.3) is 0 Å². The van der Waals surface area contributed by atoms with Gasteiger partial charge < -0.3 is 5.32 Å². The summed E-state index contributed by atoms with van der Waals surface area (Å²) in [6, 6.07) is 12.3. The van der Waals surface area contributed by atoms with E-state index < -0.39 is 5.82 Å². The van der Waals surface area contributed by atoms with Crippen molar-refractivity contribution in [1.82, 2.24) is 20.1 Å². The summed E-state index contributed by atoms with van der Waals surface area (Å²) in [5.74, 6) is 0.159. The van der Waals surface area contributed by atoms with Crippen LogP contribution in [-0.4, -0.2) is 20.7 Å². The SMILES string of the molecule is Cc1cccc(CNC(=O)Cc2nc(-c3ccc(Cl)c(F)c3)nn2C)c1. The van der Waals surface area contributed by atoms with E-state index >= 15 is 0 Å². The molecule has 1 aromatic heterocycles. The number of nitrogens with zero attached hydrogens (tertiary/aromatic N) is 3. The van der Waals surface area contributed by atoms with E-state index in [2.05, 4.69) is 15.4 Å². The first-order valence-electron chi connectivity index (χ1n) is 8.10. The molecule has 7 heteroatoms. The van der Waals surface area contributed by atoms with Crippen LogP contribution in [0.4, 0.5) is 4.39 Å². The number of hydrogen-bond donors (Lipinski definition) is 1. The molecule has 0 atom stereocenters. The van der Waals surface area contributed by atoms with Crippen LogP contribution < -0.4 is 5.32 Å². The highest BCUT2D eigenvalue weighted by molar-refractivity contribution is 6.30. The van der Waals surface area contributed by atoms with Crippen molar-refractivity contribution < 1.29 is 9.18 Å². The van der Waals surface area contributed by atoms with Gasteiger partial charge in [-0.1, -0.05) is 41.4 Å². The molecule has 0 saturated carbocycles. The first-order chi connectivity index (χ1) is 12.4. The molecule has 0 aliphatic heterocycles. The lowest BCUT2D eigenvalue weighted by Gasteiger charge is -2.05. The van der Waals surface area contributed by atoms with Gasteiger partial charge in [-0.2, -0.15) is 5.10 Å². The van der Waals surface area contributed by atoms with Crippen LogP contribution in [0, 0.1) is 12.7 Å². The van der Waals surface area contributed by atoms with Crippen molar-refractivity contribution in [2.24, 2.45) is 7.05 Å². The summed E-state index contributed by atoms with van der Waals surface area (Å²) in [5.41, 5.74) is 2.69. The van der Waals surface area contributed by atoms with Gasteiger partial charge in [-0.05, 0) is 30.7 Å².